The summed E-state index contributed by atoms with van der Waals surface area (Å²) in [7, 11) is 0. The number of benzene rings is 1. The van der Waals surface area contributed by atoms with E-state index in [1.165, 1.54) is 19.3 Å². The van der Waals surface area contributed by atoms with Crippen LogP contribution in [0.5, 0.6) is 0 Å². The molecule has 3 N–H and O–H groups in total. The molecule has 4 bridgehead atoms. The number of aromatic amines is 1. The Labute approximate surface area is 170 Å². The van der Waals surface area contributed by atoms with Crippen LogP contribution in [-0.2, 0) is 9.59 Å². The Morgan fingerprint density at radius 3 is 2.24 bits per heavy atom. The number of nitrogens with one attached hydrogen (secondary N) is 3. The second kappa shape index (κ2) is 7.32. The van der Waals surface area contributed by atoms with Gasteiger partial charge in [-0.25, -0.2) is 0 Å². The average Bonchev–Trinajstić information content (AvgIpc) is 3.22. The fraction of sp³-hybridized carbons (Fsp3) is 0.522. The van der Waals surface area contributed by atoms with Gasteiger partial charge in [0.1, 0.15) is 0 Å². The lowest BCUT2D eigenvalue weighted by molar-refractivity contribution is -0.146. The van der Waals surface area contributed by atoms with E-state index in [1.807, 2.05) is 30.3 Å². The van der Waals surface area contributed by atoms with Gasteiger partial charge in [-0.1, -0.05) is 12.1 Å². The maximum absolute atomic E-state index is 12.9. The highest BCUT2D eigenvalue weighted by Gasteiger charge is 2.54. The van der Waals surface area contributed by atoms with Crippen LogP contribution in [0.1, 0.15) is 44.9 Å². The van der Waals surface area contributed by atoms with Crippen molar-refractivity contribution < 1.29 is 9.59 Å². The zero-order chi connectivity index (χ0) is 19.8. The molecular formula is C23H28N4O2. The van der Waals surface area contributed by atoms with E-state index in [4.69, 9.17) is 0 Å². The van der Waals surface area contributed by atoms with Crippen molar-refractivity contribution in [1.82, 2.24) is 15.5 Å². The molecule has 1 heterocycles. The third kappa shape index (κ3) is 3.68. The Balaban J connectivity index is 1.10. The second-order valence-electron chi connectivity index (χ2n) is 9.30. The minimum atomic E-state index is -0.145. The molecule has 0 radical (unpaired) electrons. The maximum atomic E-state index is 12.9. The molecule has 4 saturated carbocycles. The van der Waals surface area contributed by atoms with Crippen LogP contribution in [-0.4, -0.2) is 28.6 Å². The normalized spacial score (nSPS) is 29.6. The van der Waals surface area contributed by atoms with Gasteiger partial charge in [-0.3, -0.25) is 14.7 Å². The van der Waals surface area contributed by atoms with Crippen molar-refractivity contribution in [3.8, 4) is 11.3 Å². The zero-order valence-corrected chi connectivity index (χ0v) is 16.6. The quantitative estimate of drug-likeness (QED) is 0.700. The first kappa shape index (κ1) is 18.4. The van der Waals surface area contributed by atoms with Gasteiger partial charge in [-0.15, -0.1) is 0 Å². The van der Waals surface area contributed by atoms with E-state index in [2.05, 4.69) is 20.8 Å². The van der Waals surface area contributed by atoms with Gasteiger partial charge in [0, 0.05) is 30.3 Å². The van der Waals surface area contributed by atoms with Crippen LogP contribution in [0.4, 0.5) is 5.69 Å². The summed E-state index contributed by atoms with van der Waals surface area (Å²) in [5, 5.41) is 12.8. The molecule has 4 aliphatic carbocycles. The Kier molecular flexibility index (Phi) is 4.64. The summed E-state index contributed by atoms with van der Waals surface area (Å²) in [4.78, 5) is 25.2. The minimum absolute atomic E-state index is 0.0786. The van der Waals surface area contributed by atoms with Gasteiger partial charge >= 0.3 is 0 Å². The molecule has 0 atom stereocenters. The standard InChI is InChI=1S/C23H28N4O2/c28-21(26-19-3-1-18(2-4-19)20-5-8-25-27-20)6-7-24-22(29)23-12-15-9-16(13-23)11-17(10-15)14-23/h1-5,8,15-17H,6-7,9-14H2,(H,24,29)(H,25,27)(H,26,28). The number of anilines is 1. The van der Waals surface area contributed by atoms with Gasteiger partial charge in [0.05, 0.1) is 5.69 Å². The third-order valence-electron chi connectivity index (χ3n) is 7.14. The molecule has 6 heteroatoms. The van der Waals surface area contributed by atoms with Crippen molar-refractivity contribution in [2.24, 2.45) is 23.2 Å². The molecule has 1 aromatic carbocycles. The topological polar surface area (TPSA) is 86.9 Å². The van der Waals surface area contributed by atoms with Gasteiger partial charge in [0.2, 0.25) is 11.8 Å². The lowest BCUT2D eigenvalue weighted by Gasteiger charge is -2.55. The number of hydrogen-bond acceptors (Lipinski definition) is 3. The van der Waals surface area contributed by atoms with Crippen molar-refractivity contribution in [3.63, 3.8) is 0 Å². The Bertz CT molecular complexity index is 853. The highest BCUT2D eigenvalue weighted by molar-refractivity contribution is 5.91. The molecule has 152 valence electrons. The number of carbonyl (C=O) groups is 2. The number of carbonyl (C=O) groups excluding carboxylic acids is 2. The van der Waals surface area contributed by atoms with Crippen LogP contribution in [0.15, 0.2) is 36.5 Å². The lowest BCUT2D eigenvalue weighted by Crippen LogP contribution is -2.53. The molecule has 4 fully saturated rings. The summed E-state index contributed by atoms with van der Waals surface area (Å²) >= 11 is 0. The Morgan fingerprint density at radius 2 is 1.66 bits per heavy atom. The summed E-state index contributed by atoms with van der Waals surface area (Å²) < 4.78 is 0. The van der Waals surface area contributed by atoms with Gasteiger partial charge in [-0.2, -0.15) is 5.10 Å². The summed E-state index contributed by atoms with van der Waals surface area (Å²) in [6.07, 6.45) is 9.15. The number of hydrogen-bond donors (Lipinski definition) is 3. The van der Waals surface area contributed by atoms with E-state index in [1.54, 1.807) is 6.20 Å². The Morgan fingerprint density at radius 1 is 1.00 bits per heavy atom. The summed E-state index contributed by atoms with van der Waals surface area (Å²) in [6, 6.07) is 9.54. The van der Waals surface area contributed by atoms with E-state index in [0.29, 0.717) is 13.0 Å². The SMILES string of the molecule is O=C(CCNC(=O)C12CC3CC(CC(C3)C1)C2)Nc1ccc(-c2ccn[nH]2)cc1. The zero-order valence-electron chi connectivity index (χ0n) is 16.6. The lowest BCUT2D eigenvalue weighted by atomic mass is 9.49. The van der Waals surface area contributed by atoms with E-state index in [-0.39, 0.29) is 17.2 Å². The first-order valence-corrected chi connectivity index (χ1v) is 10.8. The van der Waals surface area contributed by atoms with Crippen LogP contribution < -0.4 is 10.6 Å². The fourth-order valence-corrected chi connectivity index (χ4v) is 6.24. The molecule has 6 rings (SSSR count). The molecule has 1 aromatic heterocycles. The van der Waals surface area contributed by atoms with Crippen LogP contribution >= 0.6 is 0 Å². The highest BCUT2D eigenvalue weighted by Crippen LogP contribution is 2.60. The van der Waals surface area contributed by atoms with E-state index in [0.717, 1.165) is 54.0 Å². The molecule has 4 aliphatic rings. The minimum Gasteiger partial charge on any atom is -0.355 e. The van der Waals surface area contributed by atoms with Crippen molar-refractivity contribution in [1.29, 1.82) is 0 Å². The molecular weight excluding hydrogens is 364 g/mol. The molecule has 29 heavy (non-hydrogen) atoms. The average molecular weight is 393 g/mol. The van der Waals surface area contributed by atoms with Gasteiger partial charge in [-0.05, 0) is 80.0 Å². The molecule has 0 saturated heterocycles. The van der Waals surface area contributed by atoms with Crippen LogP contribution in [0.3, 0.4) is 0 Å². The predicted octanol–water partition coefficient (Wildman–Crippen LogP) is 3.74. The van der Waals surface area contributed by atoms with Crippen LogP contribution in [0.2, 0.25) is 0 Å². The van der Waals surface area contributed by atoms with Gasteiger partial charge in [0.15, 0.2) is 0 Å². The molecule has 2 amide bonds. The molecule has 2 aromatic rings. The Hall–Kier alpha value is -2.63. The summed E-state index contributed by atoms with van der Waals surface area (Å²) in [5.74, 6) is 2.36. The number of rotatable bonds is 6. The second-order valence-corrected chi connectivity index (χ2v) is 9.30. The van der Waals surface area contributed by atoms with E-state index >= 15 is 0 Å². The summed E-state index contributed by atoms with van der Waals surface area (Å²) in [6.45, 7) is 0.401. The number of H-pyrrole nitrogens is 1. The maximum Gasteiger partial charge on any atom is 0.226 e. The van der Waals surface area contributed by atoms with Crippen molar-refractivity contribution >= 4 is 17.5 Å². The monoisotopic (exact) mass is 392 g/mol. The van der Waals surface area contributed by atoms with Gasteiger partial charge < -0.3 is 10.6 Å². The smallest absolute Gasteiger partial charge is 0.226 e. The number of nitrogens with zero attached hydrogens (tertiary/aromatic N) is 1. The summed E-state index contributed by atoms with van der Waals surface area (Å²) in [5.41, 5.74) is 2.57. The number of aromatic nitrogens is 2. The molecule has 6 nitrogen and oxygen atoms in total. The van der Waals surface area contributed by atoms with Crippen LogP contribution in [0.25, 0.3) is 11.3 Å². The molecule has 0 unspecified atom stereocenters. The number of amides is 2. The fourth-order valence-electron chi connectivity index (χ4n) is 6.24. The molecule has 0 aliphatic heterocycles. The highest BCUT2D eigenvalue weighted by atomic mass is 16.2. The largest absolute Gasteiger partial charge is 0.355 e. The van der Waals surface area contributed by atoms with E-state index in [9.17, 15) is 9.59 Å². The van der Waals surface area contributed by atoms with Crippen LogP contribution in [0, 0.1) is 23.2 Å². The van der Waals surface area contributed by atoms with Gasteiger partial charge in [0.25, 0.3) is 0 Å². The van der Waals surface area contributed by atoms with Crippen molar-refractivity contribution in [2.45, 2.75) is 44.9 Å². The van der Waals surface area contributed by atoms with Crippen molar-refractivity contribution in [3.05, 3.63) is 36.5 Å². The predicted molar refractivity (Wildman–Crippen MR) is 111 cm³/mol. The van der Waals surface area contributed by atoms with Crippen molar-refractivity contribution in [2.75, 3.05) is 11.9 Å². The third-order valence-corrected chi connectivity index (χ3v) is 7.14. The van der Waals surface area contributed by atoms with E-state index < -0.39 is 0 Å². The first-order chi connectivity index (χ1) is 14.1. The first-order valence-electron chi connectivity index (χ1n) is 10.8. The molecule has 0 spiro atoms.